The Hall–Kier alpha value is -3.19. The van der Waals surface area contributed by atoms with Crippen molar-refractivity contribution in [2.45, 2.75) is 20.0 Å². The van der Waals surface area contributed by atoms with Gasteiger partial charge in [-0.1, -0.05) is 30.3 Å². The predicted molar refractivity (Wildman–Crippen MR) is 105 cm³/mol. The molecule has 2 aromatic rings. The van der Waals surface area contributed by atoms with Crippen molar-refractivity contribution < 1.29 is 24.2 Å². The van der Waals surface area contributed by atoms with Crippen molar-refractivity contribution in [1.29, 1.82) is 0 Å². The number of esters is 1. The molecule has 0 aliphatic heterocycles. The number of anilines is 1. The molecule has 0 aromatic heterocycles. The van der Waals surface area contributed by atoms with E-state index in [9.17, 15) is 19.5 Å². The summed E-state index contributed by atoms with van der Waals surface area (Å²) in [7, 11) is 0. The van der Waals surface area contributed by atoms with E-state index in [1.807, 2.05) is 13.8 Å². The second-order valence-corrected chi connectivity index (χ2v) is 6.02. The van der Waals surface area contributed by atoms with Gasteiger partial charge in [0, 0.05) is 24.3 Å². The first-order valence-corrected chi connectivity index (χ1v) is 9.05. The fourth-order valence-corrected chi connectivity index (χ4v) is 2.57. The normalized spacial score (nSPS) is 11.4. The molecule has 1 atom stereocenters. The van der Waals surface area contributed by atoms with E-state index in [0.717, 1.165) is 0 Å². The summed E-state index contributed by atoms with van der Waals surface area (Å²) in [5.74, 6) is -1.52. The maximum Gasteiger partial charge on any atom is 0.340 e. The first kappa shape index (κ1) is 21.1. The minimum atomic E-state index is -1.45. The average molecular weight is 384 g/mol. The molecule has 0 bridgehead atoms. The molecule has 0 saturated carbocycles. The number of rotatable bonds is 8. The van der Waals surface area contributed by atoms with Gasteiger partial charge in [0.2, 0.25) is 0 Å². The molecule has 0 fully saturated rings. The Morgan fingerprint density at radius 1 is 1.00 bits per heavy atom. The zero-order valence-electron chi connectivity index (χ0n) is 15.9. The Morgan fingerprint density at radius 2 is 1.61 bits per heavy atom. The van der Waals surface area contributed by atoms with E-state index in [4.69, 9.17) is 4.74 Å². The lowest BCUT2D eigenvalue weighted by Crippen LogP contribution is -2.30. The lowest BCUT2D eigenvalue weighted by atomic mass is 10.1. The highest BCUT2D eigenvalue weighted by Crippen LogP contribution is 2.14. The number of amides is 2. The quantitative estimate of drug-likeness (QED) is 0.682. The van der Waals surface area contributed by atoms with E-state index in [0.29, 0.717) is 29.9 Å². The third-order valence-electron chi connectivity index (χ3n) is 4.15. The number of hydrogen-bond donors (Lipinski definition) is 2. The van der Waals surface area contributed by atoms with Gasteiger partial charge in [0.1, 0.15) is 0 Å². The largest absolute Gasteiger partial charge is 0.453 e. The third-order valence-corrected chi connectivity index (χ3v) is 4.15. The van der Waals surface area contributed by atoms with Crippen LogP contribution in [0.15, 0.2) is 54.6 Å². The van der Waals surface area contributed by atoms with Gasteiger partial charge in [-0.2, -0.15) is 0 Å². The van der Waals surface area contributed by atoms with Gasteiger partial charge in [0.25, 0.3) is 11.8 Å². The maximum absolute atomic E-state index is 12.3. The molecule has 0 saturated heterocycles. The van der Waals surface area contributed by atoms with Crippen LogP contribution in [0.3, 0.4) is 0 Å². The molecule has 0 spiro atoms. The van der Waals surface area contributed by atoms with Gasteiger partial charge in [-0.25, -0.2) is 4.79 Å². The van der Waals surface area contributed by atoms with Gasteiger partial charge >= 0.3 is 5.97 Å². The Kier molecular flexibility index (Phi) is 7.71. The molecule has 2 aromatic carbocycles. The second-order valence-electron chi connectivity index (χ2n) is 6.02. The monoisotopic (exact) mass is 384 g/mol. The highest BCUT2D eigenvalue weighted by atomic mass is 16.5. The number of ether oxygens (including phenoxy) is 1. The predicted octanol–water partition coefficient (Wildman–Crippen LogP) is 2.38. The van der Waals surface area contributed by atoms with E-state index < -0.39 is 24.6 Å². The van der Waals surface area contributed by atoms with Crippen molar-refractivity contribution in [1.82, 2.24) is 4.90 Å². The van der Waals surface area contributed by atoms with Crippen molar-refractivity contribution in [3.63, 3.8) is 0 Å². The summed E-state index contributed by atoms with van der Waals surface area (Å²) >= 11 is 0. The number of aliphatic hydroxyl groups is 1. The van der Waals surface area contributed by atoms with Crippen molar-refractivity contribution in [2.24, 2.45) is 0 Å². The van der Waals surface area contributed by atoms with Crippen molar-refractivity contribution >= 4 is 23.5 Å². The number of nitrogens with one attached hydrogen (secondary N) is 1. The molecule has 7 heteroatoms. The zero-order valence-corrected chi connectivity index (χ0v) is 15.9. The third kappa shape index (κ3) is 5.65. The van der Waals surface area contributed by atoms with Crippen molar-refractivity contribution in [2.75, 3.05) is 25.0 Å². The number of hydrogen-bond acceptors (Lipinski definition) is 5. The Labute approximate surface area is 163 Å². The molecule has 0 aliphatic rings. The standard InChI is InChI=1S/C21H24N2O5/c1-3-23(4-2)20(26)16-10-12-17(13-11-16)22-18(24)14-28-21(27)19(25)15-8-6-5-7-9-15/h5-13,19,25H,3-4,14H2,1-2H3,(H,22,24)/t19-/m1/s1. The maximum atomic E-state index is 12.3. The van der Waals surface area contributed by atoms with Crippen LogP contribution in [0, 0.1) is 0 Å². The van der Waals surface area contributed by atoms with E-state index in [1.54, 1.807) is 59.5 Å². The van der Waals surface area contributed by atoms with Gasteiger partial charge in [-0.05, 0) is 43.7 Å². The molecular weight excluding hydrogens is 360 g/mol. The Bertz CT molecular complexity index is 801. The number of nitrogens with zero attached hydrogens (tertiary/aromatic N) is 1. The van der Waals surface area contributed by atoms with Gasteiger partial charge in [0.05, 0.1) is 0 Å². The summed E-state index contributed by atoms with van der Waals surface area (Å²) < 4.78 is 4.85. The highest BCUT2D eigenvalue weighted by molar-refractivity contribution is 5.96. The number of aliphatic hydroxyl groups excluding tert-OH is 1. The van der Waals surface area contributed by atoms with E-state index in [2.05, 4.69) is 5.32 Å². The minimum absolute atomic E-state index is 0.0771. The molecule has 148 valence electrons. The minimum Gasteiger partial charge on any atom is -0.453 e. The summed E-state index contributed by atoms with van der Waals surface area (Å²) in [5.41, 5.74) is 1.39. The van der Waals surface area contributed by atoms with Crippen molar-refractivity contribution in [3.05, 3.63) is 65.7 Å². The van der Waals surface area contributed by atoms with E-state index in [1.165, 1.54) is 0 Å². The topological polar surface area (TPSA) is 95.9 Å². The number of carbonyl (C=O) groups excluding carboxylic acids is 3. The van der Waals surface area contributed by atoms with Crippen LogP contribution >= 0.6 is 0 Å². The average Bonchev–Trinajstić information content (AvgIpc) is 2.73. The van der Waals surface area contributed by atoms with Crippen LogP contribution in [-0.4, -0.2) is 47.5 Å². The van der Waals surface area contributed by atoms with Crippen LogP contribution < -0.4 is 5.32 Å². The second kappa shape index (κ2) is 10.2. The molecule has 0 radical (unpaired) electrons. The molecule has 0 heterocycles. The van der Waals surface area contributed by atoms with Crippen LogP contribution in [0.2, 0.25) is 0 Å². The van der Waals surface area contributed by atoms with E-state index in [-0.39, 0.29) is 5.91 Å². The Morgan fingerprint density at radius 3 is 2.18 bits per heavy atom. The first-order valence-electron chi connectivity index (χ1n) is 9.05. The Balaban J connectivity index is 1.86. The van der Waals surface area contributed by atoms with Gasteiger partial charge in [-0.3, -0.25) is 9.59 Å². The van der Waals surface area contributed by atoms with Crippen LogP contribution in [0.1, 0.15) is 35.9 Å². The smallest absolute Gasteiger partial charge is 0.340 e. The SMILES string of the molecule is CCN(CC)C(=O)c1ccc(NC(=O)COC(=O)[C@H](O)c2ccccc2)cc1. The van der Waals surface area contributed by atoms with Crippen LogP contribution in [0.25, 0.3) is 0 Å². The summed E-state index contributed by atoms with van der Waals surface area (Å²) in [6.45, 7) is 4.53. The van der Waals surface area contributed by atoms with E-state index >= 15 is 0 Å². The zero-order chi connectivity index (χ0) is 20.5. The lowest BCUT2D eigenvalue weighted by Gasteiger charge is -2.18. The number of benzene rings is 2. The molecule has 7 nitrogen and oxygen atoms in total. The number of carbonyl (C=O) groups is 3. The van der Waals surface area contributed by atoms with Crippen molar-refractivity contribution in [3.8, 4) is 0 Å². The molecule has 2 N–H and O–H groups in total. The molecule has 2 amide bonds. The summed E-state index contributed by atoms with van der Waals surface area (Å²) in [6.07, 6.45) is -1.45. The fraction of sp³-hybridized carbons (Fsp3) is 0.286. The van der Waals surface area contributed by atoms with Gasteiger partial charge in [-0.15, -0.1) is 0 Å². The summed E-state index contributed by atoms with van der Waals surface area (Å²) in [4.78, 5) is 37.8. The molecule has 0 aliphatic carbocycles. The summed E-state index contributed by atoms with van der Waals surface area (Å²) in [6, 6.07) is 14.8. The molecular formula is C21H24N2O5. The lowest BCUT2D eigenvalue weighted by molar-refractivity contribution is -0.156. The van der Waals surface area contributed by atoms with Crippen LogP contribution in [0.5, 0.6) is 0 Å². The molecule has 2 rings (SSSR count). The first-order chi connectivity index (χ1) is 13.5. The molecule has 28 heavy (non-hydrogen) atoms. The van der Waals surface area contributed by atoms with Crippen LogP contribution in [-0.2, 0) is 14.3 Å². The highest BCUT2D eigenvalue weighted by Gasteiger charge is 2.20. The summed E-state index contributed by atoms with van der Waals surface area (Å²) in [5, 5.41) is 12.5. The van der Waals surface area contributed by atoms with Crippen LogP contribution in [0.4, 0.5) is 5.69 Å². The fourth-order valence-electron chi connectivity index (χ4n) is 2.57. The molecule has 0 unspecified atom stereocenters. The van der Waals surface area contributed by atoms with Gasteiger partial charge < -0.3 is 20.1 Å². The van der Waals surface area contributed by atoms with Gasteiger partial charge in [0.15, 0.2) is 12.7 Å².